The Morgan fingerprint density at radius 3 is 1.18 bits per heavy atom. The molecule has 0 aliphatic heterocycles. The topological polar surface area (TPSA) is 0 Å². The maximum absolute atomic E-state index is 2.27. The van der Waals surface area contributed by atoms with Crippen LogP contribution in [0.5, 0.6) is 0 Å². The number of rotatable bonds is 2. The molecular weight excluding hydrogens is 219 g/mol. The fourth-order valence-corrected chi connectivity index (χ4v) is 3.06. The van der Waals surface area contributed by atoms with Crippen molar-refractivity contribution in [2.75, 3.05) is 0 Å². The highest BCUT2D eigenvalue weighted by Gasteiger charge is 1.99. The molecule has 17 heavy (non-hydrogen) atoms. The largest absolute Gasteiger partial charge is 0.323 e. The van der Waals surface area contributed by atoms with E-state index in [1.807, 2.05) is 13.8 Å². The van der Waals surface area contributed by atoms with Gasteiger partial charge in [0.2, 0.25) is 0 Å². The van der Waals surface area contributed by atoms with Crippen molar-refractivity contribution >= 4 is 24.1 Å². The SMILES string of the molecule is CC.Cc1cc[c]([AlH][c]2ccc(C)cc2)cc1. The predicted molar refractivity (Wildman–Crippen MR) is 80.1 cm³/mol. The summed E-state index contributed by atoms with van der Waals surface area (Å²) in [5.74, 6) is 0. The Kier molecular flexibility index (Phi) is 6.05. The second-order valence-electron chi connectivity index (χ2n) is 4.15. The van der Waals surface area contributed by atoms with Crippen LogP contribution in [0.1, 0.15) is 25.0 Å². The Labute approximate surface area is 111 Å². The third kappa shape index (κ3) is 4.77. The van der Waals surface area contributed by atoms with Gasteiger partial charge in [-0.2, -0.15) is 0 Å². The summed E-state index contributed by atoms with van der Waals surface area (Å²) in [6, 6.07) is 17.9. The second kappa shape index (κ2) is 7.33. The van der Waals surface area contributed by atoms with E-state index in [-0.39, 0.29) is 15.2 Å². The predicted octanol–water partition coefficient (Wildman–Crippen LogP) is 2.72. The van der Waals surface area contributed by atoms with Gasteiger partial charge in [-0.1, -0.05) is 73.5 Å². The van der Waals surface area contributed by atoms with Gasteiger partial charge in [0.15, 0.2) is 0 Å². The van der Waals surface area contributed by atoms with E-state index in [1.54, 1.807) is 0 Å². The van der Waals surface area contributed by atoms with Crippen molar-refractivity contribution in [3.8, 4) is 0 Å². The summed E-state index contributed by atoms with van der Waals surface area (Å²) in [7, 11) is 0. The zero-order valence-electron chi connectivity index (χ0n) is 11.3. The van der Waals surface area contributed by atoms with Crippen molar-refractivity contribution in [2.45, 2.75) is 27.7 Å². The molecule has 0 heterocycles. The molecule has 0 aromatic heterocycles. The molecule has 0 saturated carbocycles. The maximum Gasteiger partial charge on any atom is 0.323 e. The Morgan fingerprint density at radius 2 is 0.882 bits per heavy atom. The van der Waals surface area contributed by atoms with Crippen LogP contribution in [-0.2, 0) is 0 Å². The standard InChI is InChI=1S/2C7H7.C2H6.Al.H/c2*1-7-5-3-2-4-6-7;1-2;;/h2*3-6H,1H3;1-2H3;;. The molecular formula is C16H21Al. The highest BCUT2D eigenvalue weighted by atomic mass is 27.1. The molecule has 0 bridgehead atoms. The third-order valence-corrected chi connectivity index (χ3v) is 4.41. The molecule has 2 aromatic rings. The van der Waals surface area contributed by atoms with Gasteiger partial charge in [-0.3, -0.25) is 0 Å². The lowest BCUT2D eigenvalue weighted by molar-refractivity contribution is 1.48. The monoisotopic (exact) mass is 240 g/mol. The molecule has 2 rings (SSSR count). The molecule has 1 heteroatoms. The van der Waals surface area contributed by atoms with E-state index in [0.29, 0.717) is 0 Å². The molecule has 0 fully saturated rings. The summed E-state index contributed by atoms with van der Waals surface area (Å²) in [5, 5.41) is 0. The second-order valence-corrected chi connectivity index (χ2v) is 6.13. The Morgan fingerprint density at radius 1 is 0.588 bits per heavy atom. The van der Waals surface area contributed by atoms with Crippen LogP contribution in [0.25, 0.3) is 0 Å². The smallest absolute Gasteiger partial charge is 0.109 e. The van der Waals surface area contributed by atoms with E-state index in [9.17, 15) is 0 Å². The van der Waals surface area contributed by atoms with Crippen LogP contribution in [0, 0.1) is 13.8 Å². The van der Waals surface area contributed by atoms with E-state index in [0.717, 1.165) is 0 Å². The van der Waals surface area contributed by atoms with Gasteiger partial charge < -0.3 is 0 Å². The molecule has 0 amide bonds. The van der Waals surface area contributed by atoms with E-state index in [4.69, 9.17) is 0 Å². The quantitative estimate of drug-likeness (QED) is 0.708. The van der Waals surface area contributed by atoms with E-state index >= 15 is 0 Å². The van der Waals surface area contributed by atoms with Gasteiger partial charge in [-0.15, -0.1) is 8.85 Å². The molecule has 0 aliphatic carbocycles. The zero-order valence-corrected chi connectivity index (χ0v) is 12.7. The lowest BCUT2D eigenvalue weighted by Crippen LogP contribution is -2.26. The highest BCUT2D eigenvalue weighted by Crippen LogP contribution is 1.94. The summed E-state index contributed by atoms with van der Waals surface area (Å²) >= 11 is -0.266. The Hall–Kier alpha value is -1.03. The number of hydrogen-bond donors (Lipinski definition) is 0. The average Bonchev–Trinajstić information content (AvgIpc) is 2.37. The van der Waals surface area contributed by atoms with Crippen LogP contribution in [0.4, 0.5) is 0 Å². The van der Waals surface area contributed by atoms with Crippen LogP contribution in [0.3, 0.4) is 0 Å². The van der Waals surface area contributed by atoms with Crippen LogP contribution < -0.4 is 8.85 Å². The molecule has 0 saturated heterocycles. The van der Waals surface area contributed by atoms with Gasteiger partial charge >= 0.3 is 15.2 Å². The van der Waals surface area contributed by atoms with Gasteiger partial charge in [-0.25, -0.2) is 0 Å². The van der Waals surface area contributed by atoms with Gasteiger partial charge in [0.25, 0.3) is 0 Å². The van der Waals surface area contributed by atoms with Crippen LogP contribution in [-0.4, -0.2) is 15.2 Å². The fourth-order valence-electron chi connectivity index (χ4n) is 1.65. The van der Waals surface area contributed by atoms with Gasteiger partial charge in [0, 0.05) is 0 Å². The molecule has 0 unspecified atom stereocenters. The van der Waals surface area contributed by atoms with Crippen LogP contribution in [0.15, 0.2) is 48.5 Å². The summed E-state index contributed by atoms with van der Waals surface area (Å²) in [6.45, 7) is 8.27. The van der Waals surface area contributed by atoms with Crippen LogP contribution in [0.2, 0.25) is 0 Å². The Bertz CT molecular complexity index is 383. The van der Waals surface area contributed by atoms with Gasteiger partial charge in [0.1, 0.15) is 0 Å². The normalized spacial score (nSPS) is 9.18. The first-order valence-electron chi connectivity index (χ1n) is 6.35. The zero-order chi connectivity index (χ0) is 12.7. The molecule has 0 radical (unpaired) electrons. The van der Waals surface area contributed by atoms with Crippen molar-refractivity contribution in [3.05, 3.63) is 59.7 Å². The minimum absolute atomic E-state index is 0.266. The average molecular weight is 240 g/mol. The maximum atomic E-state index is 2.27. The van der Waals surface area contributed by atoms with Crippen molar-refractivity contribution in [2.24, 2.45) is 0 Å². The molecule has 0 atom stereocenters. The molecule has 0 N–H and O–H groups in total. The minimum atomic E-state index is -0.266. The van der Waals surface area contributed by atoms with Crippen molar-refractivity contribution in [1.82, 2.24) is 0 Å². The minimum Gasteiger partial charge on any atom is -0.109 e. The molecule has 0 nitrogen and oxygen atoms in total. The van der Waals surface area contributed by atoms with E-state index in [2.05, 4.69) is 62.4 Å². The Balaban J connectivity index is 0.000000686. The summed E-state index contributed by atoms with van der Waals surface area (Å²) in [4.78, 5) is 0. The number of aryl methyl sites for hydroxylation is 2. The highest BCUT2D eigenvalue weighted by molar-refractivity contribution is 6.67. The van der Waals surface area contributed by atoms with E-state index in [1.165, 1.54) is 20.0 Å². The molecule has 88 valence electrons. The summed E-state index contributed by atoms with van der Waals surface area (Å²) < 4.78 is 3.04. The van der Waals surface area contributed by atoms with E-state index < -0.39 is 0 Å². The summed E-state index contributed by atoms with van der Waals surface area (Å²) in [5.41, 5.74) is 2.69. The van der Waals surface area contributed by atoms with Crippen molar-refractivity contribution in [1.29, 1.82) is 0 Å². The van der Waals surface area contributed by atoms with Crippen LogP contribution >= 0.6 is 0 Å². The first-order valence-corrected chi connectivity index (χ1v) is 7.76. The molecule has 0 spiro atoms. The van der Waals surface area contributed by atoms with Crippen molar-refractivity contribution in [3.63, 3.8) is 0 Å². The molecule has 0 aliphatic rings. The number of hydrogen-bond acceptors (Lipinski definition) is 0. The first-order chi connectivity index (χ1) is 8.24. The number of benzene rings is 2. The fraction of sp³-hybridized carbons (Fsp3) is 0.250. The lowest BCUT2D eigenvalue weighted by atomic mass is 10.2. The van der Waals surface area contributed by atoms with Gasteiger partial charge in [-0.05, 0) is 13.8 Å². The van der Waals surface area contributed by atoms with Gasteiger partial charge in [0.05, 0.1) is 0 Å². The van der Waals surface area contributed by atoms with Crippen molar-refractivity contribution < 1.29 is 0 Å². The molecule has 2 aromatic carbocycles. The lowest BCUT2D eigenvalue weighted by Gasteiger charge is -2.01. The first kappa shape index (κ1) is 14.0. The third-order valence-electron chi connectivity index (χ3n) is 2.65. The summed E-state index contributed by atoms with van der Waals surface area (Å²) in [6.07, 6.45) is 0.